The van der Waals surface area contributed by atoms with Gasteiger partial charge in [-0.3, -0.25) is 4.79 Å². The molecule has 0 spiro atoms. The van der Waals surface area contributed by atoms with Gasteiger partial charge in [-0.1, -0.05) is 66.7 Å². The maximum absolute atomic E-state index is 13.6. The van der Waals surface area contributed by atoms with Crippen molar-refractivity contribution in [1.29, 1.82) is 5.26 Å². The molecule has 2 atom stereocenters. The third kappa shape index (κ3) is 5.64. The zero-order chi connectivity index (χ0) is 24.6. The summed E-state index contributed by atoms with van der Waals surface area (Å²) < 4.78 is 5.92. The summed E-state index contributed by atoms with van der Waals surface area (Å²) in [6.45, 7) is 4.25. The van der Waals surface area contributed by atoms with Crippen LogP contribution in [0.2, 0.25) is 0 Å². The highest BCUT2D eigenvalue weighted by molar-refractivity contribution is 8.13. The number of ether oxygens (including phenoxy) is 1. The number of nitrogens with zero attached hydrogens (tertiary/aromatic N) is 2. The molecule has 0 saturated carbocycles. The predicted octanol–water partition coefficient (Wildman–Crippen LogP) is 6.57. The third-order valence-electron chi connectivity index (χ3n) is 5.78. The van der Waals surface area contributed by atoms with Crippen molar-refractivity contribution in [3.05, 3.63) is 107 Å². The molecule has 1 unspecified atom stereocenters. The van der Waals surface area contributed by atoms with Crippen molar-refractivity contribution in [3.8, 4) is 11.8 Å². The number of amides is 1. The lowest BCUT2D eigenvalue weighted by atomic mass is 9.78. The van der Waals surface area contributed by atoms with E-state index in [1.165, 1.54) is 0 Å². The van der Waals surface area contributed by atoms with Crippen LogP contribution < -0.4 is 10.1 Å². The van der Waals surface area contributed by atoms with E-state index in [2.05, 4.69) is 23.5 Å². The number of nitrogens with one attached hydrogen (secondary N) is 1. The lowest BCUT2D eigenvalue weighted by molar-refractivity contribution is -0.113. The Kier molecular flexibility index (Phi) is 8.02. The largest absolute Gasteiger partial charge is 0.494 e. The molecule has 3 aromatic rings. The Morgan fingerprint density at radius 2 is 1.69 bits per heavy atom. The van der Waals surface area contributed by atoms with Crippen molar-refractivity contribution in [2.24, 2.45) is 10.9 Å². The lowest BCUT2D eigenvalue weighted by Crippen LogP contribution is -2.31. The van der Waals surface area contributed by atoms with Crippen LogP contribution in [0.1, 0.15) is 30.9 Å². The minimum Gasteiger partial charge on any atom is -0.494 e. The lowest BCUT2D eigenvalue weighted by Gasteiger charge is -2.31. The maximum Gasteiger partial charge on any atom is 0.254 e. The smallest absolute Gasteiger partial charge is 0.254 e. The van der Waals surface area contributed by atoms with Crippen LogP contribution in [0.3, 0.4) is 0 Å². The summed E-state index contributed by atoms with van der Waals surface area (Å²) in [5, 5.41) is 14.0. The quantitative estimate of drug-likeness (QED) is 0.414. The van der Waals surface area contributed by atoms with E-state index in [9.17, 15) is 10.1 Å². The van der Waals surface area contributed by atoms with Crippen molar-refractivity contribution in [3.63, 3.8) is 0 Å². The fourth-order valence-corrected chi connectivity index (χ4v) is 5.27. The summed E-state index contributed by atoms with van der Waals surface area (Å²) in [7, 11) is 0. The maximum atomic E-state index is 13.6. The Labute approximate surface area is 210 Å². The Bertz CT molecular complexity index is 1280. The number of thioether (sulfide) groups is 1. The van der Waals surface area contributed by atoms with E-state index < -0.39 is 11.8 Å². The van der Waals surface area contributed by atoms with Gasteiger partial charge in [0.15, 0.2) is 0 Å². The summed E-state index contributed by atoms with van der Waals surface area (Å²) in [5.74, 6) is -0.0301. The fourth-order valence-electron chi connectivity index (χ4n) is 4.20. The van der Waals surface area contributed by atoms with Crippen LogP contribution in [0.4, 0.5) is 5.69 Å². The summed E-state index contributed by atoms with van der Waals surface area (Å²) in [6.07, 6.45) is 0. The molecule has 0 bridgehead atoms. The van der Waals surface area contributed by atoms with Crippen LogP contribution in [0.15, 0.2) is 101 Å². The number of nitriles is 1. The van der Waals surface area contributed by atoms with E-state index in [1.54, 1.807) is 11.8 Å². The molecule has 176 valence electrons. The zero-order valence-corrected chi connectivity index (χ0v) is 20.6. The van der Waals surface area contributed by atoms with Gasteiger partial charge < -0.3 is 10.1 Å². The summed E-state index contributed by atoms with van der Waals surface area (Å²) >= 11 is 1.54. The predicted molar refractivity (Wildman–Crippen MR) is 142 cm³/mol. The number of aliphatic imine (C=N–C) groups is 1. The third-order valence-corrected chi connectivity index (χ3v) is 6.90. The summed E-state index contributed by atoms with van der Waals surface area (Å²) in [4.78, 5) is 18.4. The van der Waals surface area contributed by atoms with E-state index in [0.717, 1.165) is 11.1 Å². The topological polar surface area (TPSA) is 74.5 Å². The monoisotopic (exact) mass is 481 g/mol. The van der Waals surface area contributed by atoms with Crippen LogP contribution in [0, 0.1) is 17.2 Å². The van der Waals surface area contributed by atoms with Gasteiger partial charge in [-0.25, -0.2) is 4.99 Å². The Hall–Kier alpha value is -3.82. The molecule has 1 aliphatic heterocycles. The fraction of sp³-hybridized carbons (Fsp3) is 0.207. The second kappa shape index (κ2) is 11.5. The number of para-hydroxylation sites is 2. The van der Waals surface area contributed by atoms with Gasteiger partial charge in [0.05, 0.1) is 17.7 Å². The molecule has 1 heterocycles. The van der Waals surface area contributed by atoms with Crippen molar-refractivity contribution in [2.75, 3.05) is 11.9 Å². The first-order chi connectivity index (χ1) is 17.1. The van der Waals surface area contributed by atoms with Gasteiger partial charge in [-0.2, -0.15) is 5.26 Å². The first kappa shape index (κ1) is 24.3. The molecule has 0 fully saturated rings. The van der Waals surface area contributed by atoms with E-state index in [4.69, 9.17) is 9.73 Å². The van der Waals surface area contributed by atoms with E-state index in [0.29, 0.717) is 40.1 Å². The SMILES string of the molecule is CCOc1ccccc1[C@@H]1C(C(=O)Nc2ccccc2)=C(C)N=C(SCc2ccccc2)C1C#N. The minimum absolute atomic E-state index is 0.263. The molecule has 0 radical (unpaired) electrons. The number of anilines is 1. The number of allylic oxidation sites excluding steroid dienone is 1. The molecule has 0 aliphatic carbocycles. The van der Waals surface area contributed by atoms with Crippen LogP contribution >= 0.6 is 11.8 Å². The number of hydrogen-bond donors (Lipinski definition) is 1. The average Bonchev–Trinajstić information content (AvgIpc) is 2.88. The van der Waals surface area contributed by atoms with E-state index in [-0.39, 0.29) is 5.91 Å². The number of carbonyl (C=O) groups is 1. The first-order valence-electron chi connectivity index (χ1n) is 11.6. The van der Waals surface area contributed by atoms with Crippen LogP contribution in [0.5, 0.6) is 5.75 Å². The van der Waals surface area contributed by atoms with Gasteiger partial charge in [0.25, 0.3) is 5.91 Å². The standard InChI is InChI=1S/C29H27N3O2S/c1-3-34-25-17-11-10-16-23(25)27-24(18-30)29(35-19-21-12-6-4-7-13-21)31-20(2)26(27)28(33)32-22-14-8-5-9-15-22/h4-17,24,27H,3,19H2,1-2H3,(H,32,33)/t24?,27-/m0/s1. The van der Waals surface area contributed by atoms with Gasteiger partial charge in [0, 0.05) is 34.2 Å². The van der Waals surface area contributed by atoms with Gasteiger partial charge in [-0.15, -0.1) is 11.8 Å². The molecule has 4 rings (SSSR count). The van der Waals surface area contributed by atoms with Gasteiger partial charge in [0.1, 0.15) is 11.7 Å². The number of benzene rings is 3. The Morgan fingerprint density at radius 1 is 1.03 bits per heavy atom. The van der Waals surface area contributed by atoms with Crippen molar-refractivity contribution < 1.29 is 9.53 Å². The van der Waals surface area contributed by atoms with E-state index >= 15 is 0 Å². The summed E-state index contributed by atoms with van der Waals surface area (Å²) in [6, 6.07) is 29.5. The molecular formula is C29H27N3O2S. The highest BCUT2D eigenvalue weighted by Crippen LogP contribution is 2.44. The van der Waals surface area contributed by atoms with Crippen molar-refractivity contribution in [1.82, 2.24) is 0 Å². The Balaban J connectivity index is 1.77. The van der Waals surface area contributed by atoms with Gasteiger partial charge in [0.2, 0.25) is 0 Å². The van der Waals surface area contributed by atoms with E-state index in [1.807, 2.05) is 86.6 Å². The molecule has 0 aromatic heterocycles. The molecule has 1 aliphatic rings. The second-order valence-corrected chi connectivity index (χ2v) is 9.09. The molecule has 6 heteroatoms. The first-order valence-corrected chi connectivity index (χ1v) is 12.5. The molecule has 0 saturated heterocycles. The van der Waals surface area contributed by atoms with Gasteiger partial charge in [-0.05, 0) is 37.6 Å². The van der Waals surface area contributed by atoms with Crippen LogP contribution in [-0.2, 0) is 10.5 Å². The van der Waals surface area contributed by atoms with Crippen molar-refractivity contribution in [2.45, 2.75) is 25.5 Å². The zero-order valence-electron chi connectivity index (χ0n) is 19.8. The average molecular weight is 482 g/mol. The summed E-state index contributed by atoms with van der Waals surface area (Å²) in [5.41, 5.74) is 3.74. The van der Waals surface area contributed by atoms with Crippen LogP contribution in [-0.4, -0.2) is 17.6 Å². The second-order valence-electron chi connectivity index (χ2n) is 8.10. The molecule has 1 amide bonds. The van der Waals surface area contributed by atoms with Crippen LogP contribution in [0.25, 0.3) is 0 Å². The molecular weight excluding hydrogens is 454 g/mol. The number of rotatable bonds is 7. The molecule has 3 aromatic carbocycles. The Morgan fingerprint density at radius 3 is 2.37 bits per heavy atom. The number of hydrogen-bond acceptors (Lipinski definition) is 5. The normalized spacial score (nSPS) is 17.3. The molecule has 1 N–H and O–H groups in total. The number of carbonyl (C=O) groups excluding carboxylic acids is 1. The minimum atomic E-state index is -0.620. The van der Waals surface area contributed by atoms with Crippen molar-refractivity contribution >= 4 is 28.4 Å². The highest BCUT2D eigenvalue weighted by atomic mass is 32.2. The molecule has 35 heavy (non-hydrogen) atoms. The molecule has 5 nitrogen and oxygen atoms in total. The van der Waals surface area contributed by atoms with Gasteiger partial charge >= 0.3 is 0 Å². The highest BCUT2D eigenvalue weighted by Gasteiger charge is 2.40.